The molecule has 0 spiro atoms. The molecule has 0 saturated heterocycles. The van der Waals surface area contributed by atoms with E-state index < -0.39 is 0 Å². The highest BCUT2D eigenvalue weighted by atomic mass is 16.5. The minimum absolute atomic E-state index is 0.255. The number of nitrogens with zero attached hydrogens (tertiary/aromatic N) is 2. The number of benzene rings is 1. The molecule has 1 heterocycles. The van der Waals surface area contributed by atoms with E-state index in [0.29, 0.717) is 11.7 Å². The molecule has 0 bridgehead atoms. The van der Waals surface area contributed by atoms with Gasteiger partial charge < -0.3 is 15.0 Å². The summed E-state index contributed by atoms with van der Waals surface area (Å²) in [5.41, 5.74) is 6.80. The van der Waals surface area contributed by atoms with E-state index >= 15 is 0 Å². The molecule has 1 aromatic carbocycles. The topological polar surface area (TPSA) is 74.2 Å². The van der Waals surface area contributed by atoms with Crippen molar-refractivity contribution in [3.8, 4) is 5.75 Å². The Morgan fingerprint density at radius 1 is 1.39 bits per heavy atom. The van der Waals surface area contributed by atoms with Gasteiger partial charge in [0.2, 0.25) is 11.7 Å². The number of aryl methyl sites for hydroxylation is 1. The maximum absolute atomic E-state index is 5.68. The van der Waals surface area contributed by atoms with Gasteiger partial charge in [-0.2, -0.15) is 4.98 Å². The van der Waals surface area contributed by atoms with E-state index in [4.69, 9.17) is 15.0 Å². The number of hydrogen-bond acceptors (Lipinski definition) is 5. The number of para-hydroxylation sites is 1. The van der Waals surface area contributed by atoms with Crippen LogP contribution in [0.4, 0.5) is 0 Å². The average molecular weight is 247 g/mol. The molecule has 0 fully saturated rings. The van der Waals surface area contributed by atoms with Crippen molar-refractivity contribution in [3.05, 3.63) is 41.5 Å². The maximum atomic E-state index is 5.68. The third kappa shape index (κ3) is 2.87. The molecule has 0 amide bonds. The molecule has 5 heteroatoms. The van der Waals surface area contributed by atoms with Crippen molar-refractivity contribution in [2.24, 2.45) is 5.73 Å². The fraction of sp³-hybridized carbons (Fsp3) is 0.385. The van der Waals surface area contributed by atoms with Crippen LogP contribution in [-0.2, 0) is 13.0 Å². The van der Waals surface area contributed by atoms with Gasteiger partial charge in [-0.25, -0.2) is 0 Å². The first-order valence-electron chi connectivity index (χ1n) is 5.99. The van der Waals surface area contributed by atoms with Gasteiger partial charge in [0.1, 0.15) is 5.75 Å². The first-order chi connectivity index (χ1) is 8.70. The summed E-state index contributed by atoms with van der Waals surface area (Å²) < 4.78 is 10.7. The van der Waals surface area contributed by atoms with E-state index in [2.05, 4.69) is 17.1 Å². The number of ether oxygens (including phenoxy) is 1. The first kappa shape index (κ1) is 12.6. The molecule has 96 valence electrons. The third-order valence-electron chi connectivity index (χ3n) is 2.58. The molecule has 1 atom stereocenters. The summed E-state index contributed by atoms with van der Waals surface area (Å²) in [6, 6.07) is 7.66. The summed E-state index contributed by atoms with van der Waals surface area (Å²) in [4.78, 5) is 4.15. The molecule has 0 radical (unpaired) electrons. The zero-order valence-corrected chi connectivity index (χ0v) is 10.6. The Labute approximate surface area is 106 Å². The third-order valence-corrected chi connectivity index (χ3v) is 2.58. The Bertz CT molecular complexity index is 508. The predicted octanol–water partition coefficient (Wildman–Crippen LogP) is 2.23. The van der Waals surface area contributed by atoms with Crippen LogP contribution in [0.5, 0.6) is 5.75 Å². The molecule has 0 aliphatic rings. The van der Waals surface area contributed by atoms with E-state index in [1.165, 1.54) is 0 Å². The van der Waals surface area contributed by atoms with Crippen LogP contribution in [-0.4, -0.2) is 10.1 Å². The lowest BCUT2D eigenvalue weighted by Gasteiger charge is -2.07. The van der Waals surface area contributed by atoms with Crippen LogP contribution in [0.1, 0.15) is 37.2 Å². The summed E-state index contributed by atoms with van der Waals surface area (Å²) >= 11 is 0. The van der Waals surface area contributed by atoms with E-state index in [-0.39, 0.29) is 12.6 Å². The molecule has 2 rings (SSSR count). The molecule has 1 unspecified atom stereocenters. The van der Waals surface area contributed by atoms with Gasteiger partial charge in [-0.1, -0.05) is 30.3 Å². The molecular formula is C13H17N3O2. The van der Waals surface area contributed by atoms with Crippen molar-refractivity contribution in [3.63, 3.8) is 0 Å². The lowest BCUT2D eigenvalue weighted by atomic mass is 10.1. The Balaban J connectivity index is 2.02. The summed E-state index contributed by atoms with van der Waals surface area (Å²) in [6.45, 7) is 4.17. The summed E-state index contributed by atoms with van der Waals surface area (Å²) in [5, 5.41) is 3.82. The molecule has 1 aromatic heterocycles. The highest BCUT2D eigenvalue weighted by molar-refractivity contribution is 5.33. The summed E-state index contributed by atoms with van der Waals surface area (Å²) in [7, 11) is 0. The van der Waals surface area contributed by atoms with Gasteiger partial charge in [-0.05, 0) is 25.0 Å². The number of hydrogen-bond donors (Lipinski definition) is 1. The zero-order chi connectivity index (χ0) is 13.0. The van der Waals surface area contributed by atoms with Gasteiger partial charge in [-0.3, -0.25) is 0 Å². The molecule has 18 heavy (non-hydrogen) atoms. The zero-order valence-electron chi connectivity index (χ0n) is 10.6. The summed E-state index contributed by atoms with van der Waals surface area (Å²) in [6.07, 6.45) is 0.924. The molecule has 0 saturated carbocycles. The SMILES string of the molecule is CCc1ccccc1OCc1noc(C(C)N)n1. The standard InChI is InChI=1S/C13H17N3O2/c1-3-10-6-4-5-7-11(10)17-8-12-15-13(9(2)14)18-16-12/h4-7,9H,3,8,14H2,1-2H3. The molecule has 2 N–H and O–H groups in total. The lowest BCUT2D eigenvalue weighted by molar-refractivity contribution is 0.282. The Morgan fingerprint density at radius 3 is 2.83 bits per heavy atom. The van der Waals surface area contributed by atoms with E-state index in [1.54, 1.807) is 6.92 Å². The second-order valence-electron chi connectivity index (χ2n) is 4.09. The Morgan fingerprint density at radius 2 is 2.17 bits per heavy atom. The second kappa shape index (κ2) is 5.64. The molecular weight excluding hydrogens is 230 g/mol. The number of aromatic nitrogens is 2. The average Bonchev–Trinajstić information content (AvgIpc) is 2.85. The first-order valence-corrected chi connectivity index (χ1v) is 5.99. The van der Waals surface area contributed by atoms with Crippen LogP contribution in [0.3, 0.4) is 0 Å². The normalized spacial score (nSPS) is 12.4. The maximum Gasteiger partial charge on any atom is 0.243 e. The molecule has 2 aromatic rings. The van der Waals surface area contributed by atoms with Crippen molar-refractivity contribution in [2.75, 3.05) is 0 Å². The molecule has 5 nitrogen and oxygen atoms in total. The van der Waals surface area contributed by atoms with Gasteiger partial charge >= 0.3 is 0 Å². The Hall–Kier alpha value is -1.88. The van der Waals surface area contributed by atoms with Crippen LogP contribution in [0.2, 0.25) is 0 Å². The Kier molecular flexibility index (Phi) is 3.94. The largest absolute Gasteiger partial charge is 0.485 e. The van der Waals surface area contributed by atoms with Crippen LogP contribution in [0.15, 0.2) is 28.8 Å². The van der Waals surface area contributed by atoms with E-state index in [9.17, 15) is 0 Å². The lowest BCUT2D eigenvalue weighted by Crippen LogP contribution is -2.06. The highest BCUT2D eigenvalue weighted by Crippen LogP contribution is 2.19. The van der Waals surface area contributed by atoms with E-state index in [1.807, 2.05) is 24.3 Å². The molecule has 0 aliphatic heterocycles. The summed E-state index contributed by atoms with van der Waals surface area (Å²) in [5.74, 6) is 1.79. The fourth-order valence-corrected chi connectivity index (χ4v) is 1.59. The van der Waals surface area contributed by atoms with Crippen LogP contribution in [0.25, 0.3) is 0 Å². The van der Waals surface area contributed by atoms with Crippen molar-refractivity contribution in [1.82, 2.24) is 10.1 Å². The molecule has 0 aliphatic carbocycles. The highest BCUT2D eigenvalue weighted by Gasteiger charge is 2.11. The monoisotopic (exact) mass is 247 g/mol. The van der Waals surface area contributed by atoms with Crippen LogP contribution in [0, 0.1) is 0 Å². The van der Waals surface area contributed by atoms with Crippen molar-refractivity contribution >= 4 is 0 Å². The van der Waals surface area contributed by atoms with Crippen LogP contribution >= 0.6 is 0 Å². The van der Waals surface area contributed by atoms with Gasteiger partial charge in [-0.15, -0.1) is 0 Å². The van der Waals surface area contributed by atoms with E-state index in [0.717, 1.165) is 17.7 Å². The van der Waals surface area contributed by atoms with Gasteiger partial charge in [0.15, 0.2) is 6.61 Å². The number of rotatable bonds is 5. The minimum atomic E-state index is -0.255. The van der Waals surface area contributed by atoms with Gasteiger partial charge in [0, 0.05) is 0 Å². The smallest absolute Gasteiger partial charge is 0.243 e. The number of nitrogens with two attached hydrogens (primary N) is 1. The van der Waals surface area contributed by atoms with Crippen molar-refractivity contribution in [2.45, 2.75) is 32.9 Å². The fourth-order valence-electron chi connectivity index (χ4n) is 1.59. The van der Waals surface area contributed by atoms with Gasteiger partial charge in [0.25, 0.3) is 0 Å². The minimum Gasteiger partial charge on any atom is -0.485 e. The van der Waals surface area contributed by atoms with Crippen LogP contribution < -0.4 is 10.5 Å². The predicted molar refractivity (Wildman–Crippen MR) is 67.1 cm³/mol. The van der Waals surface area contributed by atoms with Gasteiger partial charge in [0.05, 0.1) is 6.04 Å². The quantitative estimate of drug-likeness (QED) is 0.877. The van der Waals surface area contributed by atoms with Crippen molar-refractivity contribution < 1.29 is 9.26 Å². The van der Waals surface area contributed by atoms with Crippen molar-refractivity contribution in [1.29, 1.82) is 0 Å². The second-order valence-corrected chi connectivity index (χ2v) is 4.09.